The lowest BCUT2D eigenvalue weighted by atomic mass is 10.2. The molecule has 0 bridgehead atoms. The molecule has 0 atom stereocenters. The van der Waals surface area contributed by atoms with E-state index >= 15 is 0 Å². The monoisotopic (exact) mass is 420 g/mol. The number of H-pyrrole nitrogens is 1. The standard InChI is InChI=1S/C18H12F4N6O2/c1-30-17(29)10-3-2-9(6-12(10)19)26-15-16-24-8-13(28(16)5-4-23-15)11-7-25-27-14(11)18(20,21)22/h2-8H,1H3,(H,23,26)(H,25,27). The molecule has 1 aromatic carbocycles. The number of esters is 1. The van der Waals surface area contributed by atoms with Crippen LogP contribution in [0.25, 0.3) is 16.9 Å². The SMILES string of the molecule is COC(=O)c1ccc(Nc2nccn3c(-c4cn[nH]c4C(F)(F)F)cnc23)cc1F. The van der Waals surface area contributed by atoms with Gasteiger partial charge in [-0.3, -0.25) is 9.50 Å². The number of aromatic nitrogens is 5. The Labute approximate surface area is 165 Å². The maximum atomic E-state index is 14.2. The minimum atomic E-state index is -4.62. The number of ether oxygens (including phenoxy) is 1. The van der Waals surface area contributed by atoms with E-state index < -0.39 is 23.7 Å². The number of methoxy groups -OCH3 is 1. The molecule has 0 saturated carbocycles. The van der Waals surface area contributed by atoms with E-state index in [-0.39, 0.29) is 34.0 Å². The number of aromatic amines is 1. The summed E-state index contributed by atoms with van der Waals surface area (Å²) in [4.78, 5) is 19.7. The van der Waals surface area contributed by atoms with Crippen molar-refractivity contribution >= 4 is 23.1 Å². The second-order valence-electron chi connectivity index (χ2n) is 6.08. The summed E-state index contributed by atoms with van der Waals surface area (Å²) in [6.45, 7) is 0. The number of benzene rings is 1. The van der Waals surface area contributed by atoms with Gasteiger partial charge in [0.15, 0.2) is 11.5 Å². The first kappa shape index (κ1) is 19.4. The molecule has 3 aromatic heterocycles. The Balaban J connectivity index is 1.72. The fraction of sp³-hybridized carbons (Fsp3) is 0.111. The van der Waals surface area contributed by atoms with Gasteiger partial charge in [0.25, 0.3) is 0 Å². The summed E-state index contributed by atoms with van der Waals surface area (Å²) >= 11 is 0. The summed E-state index contributed by atoms with van der Waals surface area (Å²) in [5.41, 5.74) is -0.818. The molecule has 0 aliphatic carbocycles. The molecule has 154 valence electrons. The van der Waals surface area contributed by atoms with Crippen molar-refractivity contribution in [2.24, 2.45) is 0 Å². The van der Waals surface area contributed by atoms with Crippen LogP contribution < -0.4 is 5.32 Å². The van der Waals surface area contributed by atoms with Crippen molar-refractivity contribution in [2.75, 3.05) is 12.4 Å². The average Bonchev–Trinajstić information content (AvgIpc) is 3.34. The quantitative estimate of drug-likeness (QED) is 0.385. The van der Waals surface area contributed by atoms with E-state index in [4.69, 9.17) is 0 Å². The summed E-state index contributed by atoms with van der Waals surface area (Å²) in [5, 5.41) is 8.28. The van der Waals surface area contributed by atoms with Gasteiger partial charge in [-0.15, -0.1) is 0 Å². The minimum Gasteiger partial charge on any atom is -0.465 e. The van der Waals surface area contributed by atoms with E-state index in [9.17, 15) is 22.4 Å². The molecule has 4 rings (SSSR count). The molecule has 0 unspecified atom stereocenters. The van der Waals surface area contributed by atoms with Crippen LogP contribution in [0.3, 0.4) is 0 Å². The predicted molar refractivity (Wildman–Crippen MR) is 96.6 cm³/mol. The molecule has 0 saturated heterocycles. The zero-order valence-electron chi connectivity index (χ0n) is 15.2. The first-order valence-electron chi connectivity index (χ1n) is 8.37. The van der Waals surface area contributed by atoms with Crippen molar-refractivity contribution in [2.45, 2.75) is 6.18 Å². The summed E-state index contributed by atoms with van der Waals surface area (Å²) in [7, 11) is 1.14. The summed E-state index contributed by atoms with van der Waals surface area (Å²) in [6, 6.07) is 3.74. The number of alkyl halides is 3. The lowest BCUT2D eigenvalue weighted by Gasteiger charge is -2.10. The minimum absolute atomic E-state index is 0.142. The Bertz CT molecular complexity index is 1250. The van der Waals surface area contributed by atoms with E-state index in [1.165, 1.54) is 35.1 Å². The van der Waals surface area contributed by atoms with Crippen LogP contribution in [0.4, 0.5) is 29.1 Å². The highest BCUT2D eigenvalue weighted by Crippen LogP contribution is 2.36. The number of rotatable bonds is 4. The zero-order chi connectivity index (χ0) is 21.5. The molecule has 12 heteroatoms. The van der Waals surface area contributed by atoms with Crippen molar-refractivity contribution in [3.8, 4) is 11.3 Å². The van der Waals surface area contributed by atoms with Gasteiger partial charge in [0.2, 0.25) is 0 Å². The largest absolute Gasteiger partial charge is 0.465 e. The molecular weight excluding hydrogens is 408 g/mol. The molecule has 30 heavy (non-hydrogen) atoms. The number of hydrogen-bond donors (Lipinski definition) is 2. The van der Waals surface area contributed by atoms with E-state index in [1.807, 2.05) is 5.10 Å². The average molecular weight is 420 g/mol. The molecule has 2 N–H and O–H groups in total. The third-order valence-corrected chi connectivity index (χ3v) is 4.26. The van der Waals surface area contributed by atoms with E-state index in [0.29, 0.717) is 0 Å². The predicted octanol–water partition coefficient (Wildman–Crippen LogP) is 3.81. The van der Waals surface area contributed by atoms with Crippen LogP contribution in [0.1, 0.15) is 16.1 Å². The van der Waals surface area contributed by atoms with Gasteiger partial charge in [-0.25, -0.2) is 19.2 Å². The number of anilines is 2. The molecule has 4 aromatic rings. The number of carbonyl (C=O) groups excluding carboxylic acids is 1. The molecule has 0 radical (unpaired) electrons. The lowest BCUT2D eigenvalue weighted by molar-refractivity contribution is -0.140. The van der Waals surface area contributed by atoms with E-state index in [0.717, 1.165) is 19.4 Å². The van der Waals surface area contributed by atoms with Gasteiger partial charge in [0, 0.05) is 18.1 Å². The molecule has 8 nitrogen and oxygen atoms in total. The van der Waals surface area contributed by atoms with Crippen molar-refractivity contribution < 1.29 is 27.1 Å². The van der Waals surface area contributed by atoms with E-state index in [2.05, 4.69) is 25.1 Å². The van der Waals surface area contributed by atoms with Gasteiger partial charge >= 0.3 is 12.1 Å². The Morgan fingerprint density at radius 3 is 2.73 bits per heavy atom. The smallest absolute Gasteiger partial charge is 0.433 e. The maximum absolute atomic E-state index is 14.2. The van der Waals surface area contributed by atoms with Gasteiger partial charge in [0.05, 0.1) is 36.3 Å². The molecule has 0 aliphatic heterocycles. The third kappa shape index (κ3) is 3.32. The Morgan fingerprint density at radius 1 is 1.23 bits per heavy atom. The number of halogens is 4. The van der Waals surface area contributed by atoms with Crippen LogP contribution in [0, 0.1) is 5.82 Å². The second-order valence-corrected chi connectivity index (χ2v) is 6.08. The number of hydrogen-bond acceptors (Lipinski definition) is 6. The van der Waals surface area contributed by atoms with Crippen molar-refractivity contribution in [3.63, 3.8) is 0 Å². The van der Waals surface area contributed by atoms with Crippen molar-refractivity contribution in [1.29, 1.82) is 0 Å². The van der Waals surface area contributed by atoms with Crippen LogP contribution in [0.15, 0.2) is 43.0 Å². The molecule has 0 spiro atoms. The number of nitrogens with zero attached hydrogens (tertiary/aromatic N) is 4. The van der Waals surface area contributed by atoms with E-state index in [1.54, 1.807) is 0 Å². The normalized spacial score (nSPS) is 11.6. The fourth-order valence-corrected chi connectivity index (χ4v) is 2.91. The van der Waals surface area contributed by atoms with Crippen LogP contribution in [0.2, 0.25) is 0 Å². The highest BCUT2D eigenvalue weighted by atomic mass is 19.4. The summed E-state index contributed by atoms with van der Waals surface area (Å²) < 4.78 is 59.6. The topological polar surface area (TPSA) is 97.2 Å². The Morgan fingerprint density at radius 2 is 2.03 bits per heavy atom. The van der Waals surface area contributed by atoms with Crippen molar-refractivity contribution in [3.05, 3.63) is 60.1 Å². The molecule has 3 heterocycles. The maximum Gasteiger partial charge on any atom is 0.433 e. The number of fused-ring (bicyclic) bond motifs is 1. The van der Waals surface area contributed by atoms with Gasteiger partial charge < -0.3 is 10.1 Å². The van der Waals surface area contributed by atoms with Gasteiger partial charge in [-0.05, 0) is 18.2 Å². The van der Waals surface area contributed by atoms with Crippen LogP contribution in [-0.2, 0) is 10.9 Å². The highest BCUT2D eigenvalue weighted by molar-refractivity contribution is 5.90. The third-order valence-electron chi connectivity index (χ3n) is 4.26. The van der Waals surface area contributed by atoms with Gasteiger partial charge in [0.1, 0.15) is 11.5 Å². The molecule has 0 fully saturated rings. The summed E-state index contributed by atoms with van der Waals surface area (Å²) in [6.07, 6.45) is 0.483. The number of nitrogens with one attached hydrogen (secondary N) is 2. The fourth-order valence-electron chi connectivity index (χ4n) is 2.91. The van der Waals surface area contributed by atoms with Crippen LogP contribution in [0.5, 0.6) is 0 Å². The van der Waals surface area contributed by atoms with Gasteiger partial charge in [-0.2, -0.15) is 18.3 Å². The number of carbonyl (C=O) groups is 1. The van der Waals surface area contributed by atoms with Crippen LogP contribution in [-0.4, -0.2) is 37.6 Å². The molecule has 0 amide bonds. The lowest BCUT2D eigenvalue weighted by Crippen LogP contribution is -2.08. The first-order valence-corrected chi connectivity index (χ1v) is 8.37. The Hall–Kier alpha value is -3.96. The Kier molecular flexibility index (Phi) is 4.60. The number of imidazole rings is 1. The van der Waals surface area contributed by atoms with Crippen molar-refractivity contribution in [1.82, 2.24) is 24.6 Å². The first-order chi connectivity index (χ1) is 14.3. The molecular formula is C18H12F4N6O2. The second kappa shape index (κ2) is 7.13. The summed E-state index contributed by atoms with van der Waals surface area (Å²) in [5.74, 6) is -1.46. The van der Waals surface area contributed by atoms with Crippen LogP contribution >= 0.6 is 0 Å². The van der Waals surface area contributed by atoms with Gasteiger partial charge in [-0.1, -0.05) is 0 Å². The zero-order valence-corrected chi connectivity index (χ0v) is 15.2. The highest BCUT2D eigenvalue weighted by Gasteiger charge is 2.36. The molecule has 0 aliphatic rings.